The third kappa shape index (κ3) is 10.4. The zero-order chi connectivity index (χ0) is 12.2. The average Bonchev–Trinajstić information content (AvgIpc) is 2.26. The lowest BCUT2D eigenvalue weighted by Crippen LogP contribution is -2.25. The number of nitrogens with zero attached hydrogens (tertiary/aromatic N) is 1. The molecule has 0 aliphatic rings. The molecule has 16 heavy (non-hydrogen) atoms. The van der Waals surface area contributed by atoms with E-state index in [4.69, 9.17) is 10.2 Å². The fraction of sp³-hybridized carbons (Fsp3) is 1.00. The Labute approximate surface area is 100 Å². The van der Waals surface area contributed by atoms with E-state index in [-0.39, 0.29) is 0 Å². The maximum atomic E-state index is 8.68. The Morgan fingerprint density at radius 2 is 1.50 bits per heavy atom. The average molecular weight is 231 g/mol. The summed E-state index contributed by atoms with van der Waals surface area (Å²) in [5, 5.41) is 17.4. The lowest BCUT2D eigenvalue weighted by atomic mass is 10.1. The largest absolute Gasteiger partial charge is 0.368 e. The summed E-state index contributed by atoms with van der Waals surface area (Å²) >= 11 is 0. The smallest absolute Gasteiger partial charge is 0.151 e. The minimum absolute atomic E-state index is 0.521. The van der Waals surface area contributed by atoms with Crippen molar-refractivity contribution in [3.8, 4) is 0 Å². The Morgan fingerprint density at radius 1 is 0.875 bits per heavy atom. The summed E-state index contributed by atoms with van der Waals surface area (Å²) < 4.78 is 0. The lowest BCUT2D eigenvalue weighted by Gasteiger charge is -2.19. The molecule has 3 nitrogen and oxygen atoms in total. The van der Waals surface area contributed by atoms with E-state index in [2.05, 4.69) is 18.7 Å². The summed E-state index contributed by atoms with van der Waals surface area (Å²) in [5.74, 6) is 0. The quantitative estimate of drug-likeness (QED) is 0.424. The second-order valence-corrected chi connectivity index (χ2v) is 4.47. The van der Waals surface area contributed by atoms with Gasteiger partial charge in [0.05, 0.1) is 0 Å². The van der Waals surface area contributed by atoms with Crippen molar-refractivity contribution in [3.05, 3.63) is 0 Å². The third-order valence-electron chi connectivity index (χ3n) is 2.96. The van der Waals surface area contributed by atoms with Crippen LogP contribution < -0.4 is 0 Å². The van der Waals surface area contributed by atoms with Crippen LogP contribution in [-0.2, 0) is 0 Å². The Kier molecular flexibility index (Phi) is 11.3. The summed E-state index contributed by atoms with van der Waals surface area (Å²) in [7, 11) is 0. The molecular weight excluding hydrogens is 202 g/mol. The number of rotatable bonds is 11. The predicted octanol–water partition coefficient (Wildman–Crippen LogP) is 2.37. The normalized spacial score (nSPS) is 11.6. The van der Waals surface area contributed by atoms with Gasteiger partial charge in [0.1, 0.15) is 0 Å². The number of hydrogen-bond donors (Lipinski definition) is 2. The first-order valence-corrected chi connectivity index (χ1v) is 6.79. The van der Waals surface area contributed by atoms with Gasteiger partial charge in [-0.25, -0.2) is 0 Å². The molecule has 0 spiro atoms. The molecule has 0 saturated carbocycles. The predicted molar refractivity (Wildman–Crippen MR) is 68.3 cm³/mol. The fourth-order valence-corrected chi connectivity index (χ4v) is 1.83. The molecule has 0 aliphatic heterocycles. The molecule has 3 heteroatoms. The molecule has 0 rings (SSSR count). The van der Waals surface area contributed by atoms with E-state index in [1.165, 1.54) is 38.8 Å². The zero-order valence-electron chi connectivity index (χ0n) is 11.0. The van der Waals surface area contributed by atoms with E-state index < -0.39 is 6.29 Å². The van der Waals surface area contributed by atoms with Crippen molar-refractivity contribution in [2.24, 2.45) is 0 Å². The highest BCUT2D eigenvalue weighted by Crippen LogP contribution is 2.06. The maximum absolute atomic E-state index is 8.68. The van der Waals surface area contributed by atoms with E-state index >= 15 is 0 Å². The SMILES string of the molecule is CCCCN(CC)CCCCCCC(O)O. The molecule has 0 atom stereocenters. The van der Waals surface area contributed by atoms with Crippen LogP contribution >= 0.6 is 0 Å². The van der Waals surface area contributed by atoms with Crippen molar-refractivity contribution in [1.82, 2.24) is 4.90 Å². The molecule has 0 heterocycles. The summed E-state index contributed by atoms with van der Waals surface area (Å²) in [6, 6.07) is 0. The first-order chi connectivity index (χ1) is 7.70. The van der Waals surface area contributed by atoms with Crippen LogP contribution in [0.15, 0.2) is 0 Å². The Bertz CT molecular complexity index is 140. The van der Waals surface area contributed by atoms with Crippen molar-refractivity contribution < 1.29 is 10.2 Å². The lowest BCUT2D eigenvalue weighted by molar-refractivity contribution is -0.0466. The van der Waals surface area contributed by atoms with Gasteiger partial charge >= 0.3 is 0 Å². The van der Waals surface area contributed by atoms with Crippen molar-refractivity contribution in [3.63, 3.8) is 0 Å². The molecule has 2 N–H and O–H groups in total. The summed E-state index contributed by atoms with van der Waals surface area (Å²) in [4.78, 5) is 2.50. The number of aliphatic hydroxyl groups excluding tert-OH is 1. The topological polar surface area (TPSA) is 43.7 Å². The van der Waals surface area contributed by atoms with Crippen LogP contribution in [0.4, 0.5) is 0 Å². The van der Waals surface area contributed by atoms with Crippen LogP contribution in [0.1, 0.15) is 58.8 Å². The van der Waals surface area contributed by atoms with Crippen LogP contribution in [-0.4, -0.2) is 41.0 Å². The van der Waals surface area contributed by atoms with Gasteiger partial charge in [0.15, 0.2) is 6.29 Å². The highest BCUT2D eigenvalue weighted by Gasteiger charge is 2.01. The second-order valence-electron chi connectivity index (χ2n) is 4.47. The summed E-state index contributed by atoms with van der Waals surface area (Å²) in [5.41, 5.74) is 0. The van der Waals surface area contributed by atoms with Gasteiger partial charge in [-0.3, -0.25) is 0 Å². The third-order valence-corrected chi connectivity index (χ3v) is 2.96. The van der Waals surface area contributed by atoms with Gasteiger partial charge in [-0.05, 0) is 45.3 Å². The Balaban J connectivity index is 3.27. The van der Waals surface area contributed by atoms with E-state index in [0.717, 1.165) is 19.4 Å². The molecule has 0 amide bonds. The van der Waals surface area contributed by atoms with Crippen LogP contribution in [0.5, 0.6) is 0 Å². The zero-order valence-corrected chi connectivity index (χ0v) is 11.0. The highest BCUT2D eigenvalue weighted by atomic mass is 16.5. The molecule has 0 aromatic rings. The van der Waals surface area contributed by atoms with E-state index in [9.17, 15) is 0 Å². The number of unbranched alkanes of at least 4 members (excludes halogenated alkanes) is 4. The Hall–Kier alpha value is -0.120. The highest BCUT2D eigenvalue weighted by molar-refractivity contribution is 4.56. The summed E-state index contributed by atoms with van der Waals surface area (Å²) in [6.07, 6.45) is 6.45. The van der Waals surface area contributed by atoms with Crippen molar-refractivity contribution in [2.75, 3.05) is 19.6 Å². The van der Waals surface area contributed by atoms with Gasteiger partial charge in [0.2, 0.25) is 0 Å². The van der Waals surface area contributed by atoms with Gasteiger partial charge in [0.25, 0.3) is 0 Å². The molecule has 0 fully saturated rings. The van der Waals surface area contributed by atoms with Crippen LogP contribution in [0.3, 0.4) is 0 Å². The van der Waals surface area contributed by atoms with Gasteiger partial charge in [-0.1, -0.05) is 33.1 Å². The van der Waals surface area contributed by atoms with Gasteiger partial charge < -0.3 is 15.1 Å². The first kappa shape index (κ1) is 15.9. The van der Waals surface area contributed by atoms with Crippen molar-refractivity contribution >= 4 is 0 Å². The van der Waals surface area contributed by atoms with Crippen molar-refractivity contribution in [2.45, 2.75) is 65.1 Å². The monoisotopic (exact) mass is 231 g/mol. The Morgan fingerprint density at radius 3 is 2.06 bits per heavy atom. The molecule has 0 radical (unpaired) electrons. The van der Waals surface area contributed by atoms with E-state index in [1.54, 1.807) is 0 Å². The fourth-order valence-electron chi connectivity index (χ4n) is 1.83. The van der Waals surface area contributed by atoms with E-state index in [0.29, 0.717) is 6.42 Å². The maximum Gasteiger partial charge on any atom is 0.151 e. The van der Waals surface area contributed by atoms with E-state index in [1.807, 2.05) is 0 Å². The molecule has 0 saturated heterocycles. The number of aliphatic hydroxyl groups is 2. The molecule has 0 aromatic carbocycles. The van der Waals surface area contributed by atoms with Gasteiger partial charge in [0, 0.05) is 0 Å². The van der Waals surface area contributed by atoms with Crippen LogP contribution in [0.2, 0.25) is 0 Å². The molecule has 0 aromatic heterocycles. The molecule has 0 unspecified atom stereocenters. The molecule has 0 bridgehead atoms. The molecule has 0 aliphatic carbocycles. The first-order valence-electron chi connectivity index (χ1n) is 6.79. The van der Waals surface area contributed by atoms with Crippen molar-refractivity contribution in [1.29, 1.82) is 0 Å². The second kappa shape index (κ2) is 11.4. The number of hydrogen-bond acceptors (Lipinski definition) is 3. The summed E-state index contributed by atoms with van der Waals surface area (Å²) in [6.45, 7) is 8.02. The van der Waals surface area contributed by atoms with Gasteiger partial charge in [-0.15, -0.1) is 0 Å². The molecular formula is C13H29NO2. The standard InChI is InChI=1S/C13H29NO2/c1-3-5-11-14(4-2)12-9-7-6-8-10-13(15)16/h13,15-16H,3-12H2,1-2H3. The minimum atomic E-state index is -1.11. The minimum Gasteiger partial charge on any atom is -0.368 e. The van der Waals surface area contributed by atoms with Crippen LogP contribution in [0.25, 0.3) is 0 Å². The van der Waals surface area contributed by atoms with Crippen LogP contribution in [0, 0.1) is 0 Å². The van der Waals surface area contributed by atoms with Gasteiger partial charge in [-0.2, -0.15) is 0 Å². The molecule has 98 valence electrons.